The fourth-order valence-electron chi connectivity index (χ4n) is 1.54. The Bertz CT molecular complexity index is 257. The second-order valence-electron chi connectivity index (χ2n) is 6.20. The maximum atomic E-state index is 6.28. The molecule has 0 saturated carbocycles. The molecule has 0 fully saturated rings. The summed E-state index contributed by atoms with van der Waals surface area (Å²) in [7, 11) is -1.64. The van der Waals surface area contributed by atoms with Crippen LogP contribution in [0.15, 0.2) is 11.6 Å². The molecule has 17 heavy (non-hydrogen) atoms. The van der Waals surface area contributed by atoms with E-state index in [2.05, 4.69) is 76.4 Å². The van der Waals surface area contributed by atoms with Crippen LogP contribution in [0, 0.1) is 5.92 Å². The molecule has 0 aliphatic heterocycles. The van der Waals surface area contributed by atoms with Crippen LogP contribution >= 0.6 is 22.6 Å². The number of hydrogen-bond acceptors (Lipinski definition) is 1. The van der Waals surface area contributed by atoms with E-state index in [1.807, 2.05) is 0 Å². The minimum atomic E-state index is -1.64. The number of hydrogen-bond donors (Lipinski definition) is 0. The first kappa shape index (κ1) is 17.6. The normalized spacial score (nSPS) is 14.5. The van der Waals surface area contributed by atoms with Crippen LogP contribution in [0.25, 0.3) is 0 Å². The van der Waals surface area contributed by atoms with Gasteiger partial charge in [0, 0.05) is 4.43 Å². The van der Waals surface area contributed by atoms with Crippen molar-refractivity contribution in [3.8, 4) is 0 Å². The molecule has 0 spiro atoms. The van der Waals surface area contributed by atoms with E-state index in [1.54, 1.807) is 0 Å². The van der Waals surface area contributed by atoms with Gasteiger partial charge in [0.15, 0.2) is 8.32 Å². The van der Waals surface area contributed by atoms with E-state index in [0.717, 1.165) is 13.0 Å². The van der Waals surface area contributed by atoms with E-state index < -0.39 is 8.32 Å². The van der Waals surface area contributed by atoms with Gasteiger partial charge in [-0.15, -0.1) is 0 Å². The van der Waals surface area contributed by atoms with E-state index in [4.69, 9.17) is 4.43 Å². The number of allylic oxidation sites excluding steroid dienone is 1. The molecule has 0 aliphatic rings. The molecule has 0 bridgehead atoms. The summed E-state index contributed by atoms with van der Waals surface area (Å²) in [5.74, 6) is 0.669. The lowest BCUT2D eigenvalue weighted by molar-refractivity contribution is 0.291. The summed E-state index contributed by atoms with van der Waals surface area (Å²) < 4.78 is 7.47. The average Bonchev–Trinajstić information content (AvgIpc) is 2.23. The van der Waals surface area contributed by atoms with E-state index in [9.17, 15) is 0 Å². The van der Waals surface area contributed by atoms with Crippen molar-refractivity contribution in [2.24, 2.45) is 5.92 Å². The van der Waals surface area contributed by atoms with Gasteiger partial charge in [-0.1, -0.05) is 61.9 Å². The van der Waals surface area contributed by atoms with E-state index in [-0.39, 0.29) is 0 Å². The zero-order valence-electron chi connectivity index (χ0n) is 12.6. The van der Waals surface area contributed by atoms with Crippen molar-refractivity contribution in [3.05, 3.63) is 11.6 Å². The third-order valence-corrected chi connectivity index (χ3v) is 9.43. The van der Waals surface area contributed by atoms with Gasteiger partial charge >= 0.3 is 0 Å². The first-order chi connectivity index (χ1) is 7.65. The van der Waals surface area contributed by atoms with Gasteiger partial charge in [0.25, 0.3) is 0 Å². The predicted octanol–water partition coefficient (Wildman–Crippen LogP) is 5.42. The third-order valence-electron chi connectivity index (χ3n) is 4.26. The molecule has 0 aromatic heterocycles. The highest BCUT2D eigenvalue weighted by Gasteiger charge is 2.43. The Labute approximate surface area is 123 Å². The van der Waals surface area contributed by atoms with Gasteiger partial charge in [0.05, 0.1) is 6.61 Å². The molecule has 0 aromatic carbocycles. The zero-order valence-corrected chi connectivity index (χ0v) is 15.7. The molecule has 0 atom stereocenters. The molecular formula is C14H29IOSi. The van der Waals surface area contributed by atoms with Crippen molar-refractivity contribution in [2.75, 3.05) is 11.0 Å². The molecular weight excluding hydrogens is 339 g/mol. The second kappa shape index (κ2) is 7.29. The predicted molar refractivity (Wildman–Crippen MR) is 89.6 cm³/mol. The summed E-state index contributed by atoms with van der Waals surface area (Å²) in [6, 6.07) is 0. The molecule has 0 aromatic rings. The third kappa shape index (κ3) is 5.43. The quantitative estimate of drug-likeness (QED) is 0.252. The Hall–Kier alpha value is 0.647. The van der Waals surface area contributed by atoms with Gasteiger partial charge in [-0.05, 0) is 37.4 Å². The van der Waals surface area contributed by atoms with Crippen molar-refractivity contribution in [1.82, 2.24) is 0 Å². The van der Waals surface area contributed by atoms with Gasteiger partial charge in [-0.25, -0.2) is 0 Å². The summed E-state index contributed by atoms with van der Waals surface area (Å²) in [5.41, 5.74) is 1.38. The van der Waals surface area contributed by atoms with Crippen molar-refractivity contribution in [1.29, 1.82) is 0 Å². The van der Waals surface area contributed by atoms with Gasteiger partial charge in [-0.2, -0.15) is 0 Å². The highest BCUT2D eigenvalue weighted by Crippen LogP contribution is 2.44. The average molecular weight is 368 g/mol. The molecule has 0 N–H and O–H groups in total. The largest absolute Gasteiger partial charge is 0.413 e. The first-order valence-corrected chi connectivity index (χ1v) is 10.9. The zero-order chi connectivity index (χ0) is 13.7. The minimum absolute atomic E-state index is 0.316. The Balaban J connectivity index is 4.46. The molecule has 0 heterocycles. The van der Waals surface area contributed by atoms with Crippen LogP contribution in [0.4, 0.5) is 0 Å². The standard InChI is InChI=1S/C14H29IOSi/c1-12(2)14(4,5)17(6,7)16-11-13(3)9-8-10-15/h9,12H,8,10-11H2,1-7H3/b13-9+. The second-order valence-corrected chi connectivity index (χ2v) is 11.9. The number of rotatable bonds is 7. The van der Waals surface area contributed by atoms with Crippen LogP contribution < -0.4 is 0 Å². The van der Waals surface area contributed by atoms with Crippen LogP contribution in [0.3, 0.4) is 0 Å². The maximum absolute atomic E-state index is 6.28. The van der Waals surface area contributed by atoms with Gasteiger partial charge in [0.2, 0.25) is 0 Å². The fourth-order valence-corrected chi connectivity index (χ4v) is 4.20. The Morgan fingerprint density at radius 2 is 1.88 bits per heavy atom. The Morgan fingerprint density at radius 1 is 1.35 bits per heavy atom. The smallest absolute Gasteiger partial charge is 0.193 e. The van der Waals surface area contributed by atoms with Gasteiger partial charge in [-0.3, -0.25) is 0 Å². The molecule has 0 aliphatic carbocycles. The number of halogens is 1. The van der Waals surface area contributed by atoms with E-state index >= 15 is 0 Å². The van der Waals surface area contributed by atoms with Crippen molar-refractivity contribution in [2.45, 2.75) is 59.2 Å². The Morgan fingerprint density at radius 3 is 2.29 bits per heavy atom. The monoisotopic (exact) mass is 368 g/mol. The topological polar surface area (TPSA) is 9.23 Å². The SMILES string of the molecule is C/C(=C\CCI)CO[Si](C)(C)C(C)(C)C(C)C. The molecule has 102 valence electrons. The first-order valence-electron chi connectivity index (χ1n) is 6.50. The van der Waals surface area contributed by atoms with Crippen LogP contribution in [0.5, 0.6) is 0 Å². The van der Waals surface area contributed by atoms with E-state index in [1.165, 1.54) is 10.0 Å². The molecule has 0 saturated heterocycles. The molecule has 0 amide bonds. The highest BCUT2D eigenvalue weighted by atomic mass is 127. The summed E-state index contributed by atoms with van der Waals surface area (Å²) in [5, 5.41) is 0.316. The molecule has 0 unspecified atom stereocenters. The number of alkyl halides is 1. The molecule has 0 radical (unpaired) electrons. The van der Waals surface area contributed by atoms with Crippen molar-refractivity contribution < 1.29 is 4.43 Å². The fraction of sp³-hybridized carbons (Fsp3) is 0.857. The van der Waals surface area contributed by atoms with Gasteiger partial charge in [0.1, 0.15) is 0 Å². The molecule has 3 heteroatoms. The summed E-state index contributed by atoms with van der Waals surface area (Å²) >= 11 is 2.41. The molecule has 0 rings (SSSR count). The summed E-state index contributed by atoms with van der Waals surface area (Å²) in [6.45, 7) is 17.0. The van der Waals surface area contributed by atoms with Crippen LogP contribution in [-0.4, -0.2) is 19.4 Å². The minimum Gasteiger partial charge on any atom is -0.413 e. The summed E-state index contributed by atoms with van der Waals surface area (Å²) in [6.07, 6.45) is 3.46. The summed E-state index contributed by atoms with van der Waals surface area (Å²) in [4.78, 5) is 0. The maximum Gasteiger partial charge on any atom is 0.193 e. The van der Waals surface area contributed by atoms with Crippen LogP contribution in [-0.2, 0) is 4.43 Å². The molecule has 1 nitrogen and oxygen atoms in total. The van der Waals surface area contributed by atoms with E-state index in [0.29, 0.717) is 11.0 Å². The Kier molecular flexibility index (Phi) is 7.57. The van der Waals surface area contributed by atoms with Crippen LogP contribution in [0.2, 0.25) is 18.1 Å². The lowest BCUT2D eigenvalue weighted by Gasteiger charge is -2.42. The van der Waals surface area contributed by atoms with Gasteiger partial charge < -0.3 is 4.43 Å². The van der Waals surface area contributed by atoms with Crippen molar-refractivity contribution >= 4 is 30.9 Å². The lowest BCUT2D eigenvalue weighted by Crippen LogP contribution is -2.45. The van der Waals surface area contributed by atoms with Crippen LogP contribution in [0.1, 0.15) is 41.0 Å². The highest BCUT2D eigenvalue weighted by molar-refractivity contribution is 14.1. The lowest BCUT2D eigenvalue weighted by atomic mass is 9.99. The van der Waals surface area contributed by atoms with Crippen molar-refractivity contribution in [3.63, 3.8) is 0 Å².